The van der Waals surface area contributed by atoms with Crippen molar-refractivity contribution >= 4 is 37.3 Å². The molecule has 9 heteroatoms. The number of anilines is 1. The fourth-order valence-corrected chi connectivity index (χ4v) is 6.31. The van der Waals surface area contributed by atoms with Crippen molar-refractivity contribution in [2.45, 2.75) is 23.6 Å². The number of fused-ring (bicyclic) bond motifs is 1. The first-order valence-corrected chi connectivity index (χ1v) is 13.1. The van der Waals surface area contributed by atoms with Crippen molar-refractivity contribution in [1.29, 1.82) is 0 Å². The first-order chi connectivity index (χ1) is 14.7. The zero-order valence-electron chi connectivity index (χ0n) is 16.5. The van der Waals surface area contributed by atoms with Gasteiger partial charge in [-0.15, -0.1) is 0 Å². The summed E-state index contributed by atoms with van der Waals surface area (Å²) in [6, 6.07) is 20.2. The lowest BCUT2D eigenvalue weighted by atomic mass is 10.0. The Hall–Kier alpha value is -2.39. The third kappa shape index (κ3) is 5.10. The van der Waals surface area contributed by atoms with Crippen LogP contribution in [0.1, 0.15) is 16.7 Å². The topological polar surface area (TPSA) is 83.6 Å². The number of nitrogens with zero attached hydrogens (tertiary/aromatic N) is 1. The summed E-state index contributed by atoms with van der Waals surface area (Å²) in [7, 11) is -7.25. The normalized spacial score (nSPS) is 14.7. The third-order valence-electron chi connectivity index (χ3n) is 5.11. The van der Waals surface area contributed by atoms with E-state index in [9.17, 15) is 16.8 Å². The Morgan fingerprint density at radius 3 is 2.29 bits per heavy atom. The minimum Gasteiger partial charge on any atom is -0.283 e. The minimum atomic E-state index is -3.64. The number of nitrogens with one attached hydrogen (secondary N) is 1. The average Bonchev–Trinajstić information content (AvgIpc) is 2.75. The van der Waals surface area contributed by atoms with Crippen LogP contribution in [0.25, 0.3) is 0 Å². The summed E-state index contributed by atoms with van der Waals surface area (Å²) in [5, 5.41) is 0.541. The van der Waals surface area contributed by atoms with Gasteiger partial charge in [0.15, 0.2) is 0 Å². The van der Waals surface area contributed by atoms with E-state index in [0.717, 1.165) is 11.1 Å². The lowest BCUT2D eigenvalue weighted by Gasteiger charge is -2.28. The molecule has 0 aliphatic carbocycles. The highest BCUT2D eigenvalue weighted by molar-refractivity contribution is 7.91. The van der Waals surface area contributed by atoms with Crippen LogP contribution in [-0.2, 0) is 38.8 Å². The van der Waals surface area contributed by atoms with Gasteiger partial charge in [0.05, 0.1) is 10.6 Å². The standard InChI is InChI=1S/C22H21ClN2O4S2/c23-20-9-6-17(7-10-20)16-30(26,27)24-21-11-8-18-12-13-25(15-19(18)14-21)31(28,29)22-4-2-1-3-5-22/h1-11,14,24H,12-13,15-16H2. The van der Waals surface area contributed by atoms with Crippen LogP contribution in [0, 0.1) is 0 Å². The van der Waals surface area contributed by atoms with Gasteiger partial charge in [0, 0.05) is 23.8 Å². The maximum atomic E-state index is 12.9. The summed E-state index contributed by atoms with van der Waals surface area (Å²) < 4.78 is 55.1. The molecule has 6 nitrogen and oxygen atoms in total. The molecule has 4 rings (SSSR count). The fraction of sp³-hybridized carbons (Fsp3) is 0.182. The maximum Gasteiger partial charge on any atom is 0.243 e. The van der Waals surface area contributed by atoms with Gasteiger partial charge in [-0.05, 0) is 59.5 Å². The van der Waals surface area contributed by atoms with Crippen LogP contribution in [0.2, 0.25) is 5.02 Å². The summed E-state index contributed by atoms with van der Waals surface area (Å²) in [6.07, 6.45) is 0.569. The van der Waals surface area contributed by atoms with E-state index < -0.39 is 20.0 Å². The Labute approximate surface area is 187 Å². The number of halogens is 1. The van der Waals surface area contributed by atoms with Crippen molar-refractivity contribution in [1.82, 2.24) is 4.31 Å². The molecule has 0 radical (unpaired) electrons. The predicted octanol–water partition coefficient (Wildman–Crippen LogP) is 4.03. The monoisotopic (exact) mass is 476 g/mol. The molecule has 0 saturated heterocycles. The van der Waals surface area contributed by atoms with E-state index in [1.165, 1.54) is 4.31 Å². The molecule has 3 aromatic carbocycles. The van der Waals surface area contributed by atoms with E-state index in [0.29, 0.717) is 29.2 Å². The average molecular weight is 477 g/mol. The number of sulfonamides is 2. The summed E-state index contributed by atoms with van der Waals surface area (Å²) in [6.45, 7) is 0.575. The second-order valence-electron chi connectivity index (χ2n) is 7.37. The Balaban J connectivity index is 1.52. The lowest BCUT2D eigenvalue weighted by Crippen LogP contribution is -2.36. The summed E-state index contributed by atoms with van der Waals surface area (Å²) in [5.41, 5.74) is 2.83. The lowest BCUT2D eigenvalue weighted by molar-refractivity contribution is 0.391. The smallest absolute Gasteiger partial charge is 0.243 e. The van der Waals surface area contributed by atoms with Crippen LogP contribution in [0.5, 0.6) is 0 Å². The van der Waals surface area contributed by atoms with Gasteiger partial charge in [-0.25, -0.2) is 16.8 Å². The molecule has 0 saturated carbocycles. The van der Waals surface area contributed by atoms with Gasteiger partial charge in [-0.1, -0.05) is 48.0 Å². The van der Waals surface area contributed by atoms with Crippen molar-refractivity contribution < 1.29 is 16.8 Å². The van der Waals surface area contributed by atoms with Gasteiger partial charge in [-0.3, -0.25) is 4.72 Å². The third-order valence-corrected chi connectivity index (χ3v) is 8.48. The molecule has 0 spiro atoms. The SMILES string of the molecule is O=S(=O)(Cc1ccc(Cl)cc1)Nc1ccc2c(c1)CN(S(=O)(=O)c1ccccc1)CC2. The van der Waals surface area contributed by atoms with Crippen LogP contribution in [-0.4, -0.2) is 27.7 Å². The van der Waals surface area contributed by atoms with Gasteiger partial charge in [0.2, 0.25) is 20.0 Å². The molecule has 1 aliphatic rings. The molecule has 3 aromatic rings. The van der Waals surface area contributed by atoms with E-state index in [1.54, 1.807) is 66.7 Å². The van der Waals surface area contributed by atoms with Gasteiger partial charge >= 0.3 is 0 Å². The van der Waals surface area contributed by atoms with Gasteiger partial charge < -0.3 is 0 Å². The van der Waals surface area contributed by atoms with Crippen molar-refractivity contribution in [2.24, 2.45) is 0 Å². The van der Waals surface area contributed by atoms with E-state index in [1.807, 2.05) is 6.07 Å². The Morgan fingerprint density at radius 1 is 0.871 bits per heavy atom. The minimum absolute atomic E-state index is 0.185. The maximum absolute atomic E-state index is 12.9. The van der Waals surface area contributed by atoms with Crippen molar-refractivity contribution in [3.05, 3.63) is 94.5 Å². The van der Waals surface area contributed by atoms with E-state index in [2.05, 4.69) is 4.72 Å². The second kappa shape index (κ2) is 8.63. The molecule has 1 aliphatic heterocycles. The number of rotatable bonds is 6. The Bertz CT molecular complexity index is 1290. The first kappa shape index (κ1) is 21.8. The van der Waals surface area contributed by atoms with E-state index >= 15 is 0 Å². The second-order valence-corrected chi connectivity index (χ2v) is 11.5. The van der Waals surface area contributed by atoms with Crippen LogP contribution in [0.15, 0.2) is 77.7 Å². The first-order valence-electron chi connectivity index (χ1n) is 9.65. The highest BCUT2D eigenvalue weighted by atomic mass is 35.5. The molecular weight excluding hydrogens is 456 g/mol. The molecule has 0 atom stereocenters. The molecule has 0 unspecified atom stereocenters. The highest BCUT2D eigenvalue weighted by Crippen LogP contribution is 2.27. The molecule has 0 amide bonds. The Morgan fingerprint density at radius 2 is 1.58 bits per heavy atom. The fourth-order valence-electron chi connectivity index (χ4n) is 3.56. The molecule has 31 heavy (non-hydrogen) atoms. The summed E-state index contributed by atoms with van der Waals surface area (Å²) >= 11 is 5.85. The molecular formula is C22H21ClN2O4S2. The van der Waals surface area contributed by atoms with E-state index in [4.69, 9.17) is 11.6 Å². The van der Waals surface area contributed by atoms with Crippen LogP contribution >= 0.6 is 11.6 Å². The van der Waals surface area contributed by atoms with Crippen LogP contribution in [0.3, 0.4) is 0 Å². The quantitative estimate of drug-likeness (QED) is 0.582. The largest absolute Gasteiger partial charge is 0.283 e. The molecule has 162 valence electrons. The van der Waals surface area contributed by atoms with Crippen molar-refractivity contribution in [2.75, 3.05) is 11.3 Å². The van der Waals surface area contributed by atoms with Crippen molar-refractivity contribution in [3.8, 4) is 0 Å². The predicted molar refractivity (Wildman–Crippen MR) is 122 cm³/mol. The van der Waals surface area contributed by atoms with Crippen molar-refractivity contribution in [3.63, 3.8) is 0 Å². The number of hydrogen-bond acceptors (Lipinski definition) is 4. The van der Waals surface area contributed by atoms with Crippen LogP contribution < -0.4 is 4.72 Å². The molecule has 0 aromatic heterocycles. The zero-order valence-corrected chi connectivity index (χ0v) is 18.9. The molecule has 0 fully saturated rings. The number of hydrogen-bond donors (Lipinski definition) is 1. The molecule has 1 heterocycles. The molecule has 1 N–H and O–H groups in total. The summed E-state index contributed by atoms with van der Waals surface area (Å²) in [4.78, 5) is 0.248. The number of benzene rings is 3. The molecule has 0 bridgehead atoms. The van der Waals surface area contributed by atoms with Crippen LogP contribution in [0.4, 0.5) is 5.69 Å². The van der Waals surface area contributed by atoms with Gasteiger partial charge in [-0.2, -0.15) is 4.31 Å². The summed E-state index contributed by atoms with van der Waals surface area (Å²) in [5.74, 6) is -0.185. The van der Waals surface area contributed by atoms with Gasteiger partial charge in [0.25, 0.3) is 0 Å². The Kier molecular flexibility index (Phi) is 6.07. The van der Waals surface area contributed by atoms with E-state index in [-0.39, 0.29) is 17.2 Å². The van der Waals surface area contributed by atoms with Gasteiger partial charge in [0.1, 0.15) is 0 Å². The highest BCUT2D eigenvalue weighted by Gasteiger charge is 2.28. The zero-order chi connectivity index (χ0) is 22.1.